The predicted molar refractivity (Wildman–Crippen MR) is 129 cm³/mol. The van der Waals surface area contributed by atoms with Crippen LogP contribution in [0.4, 0.5) is 18.9 Å². The van der Waals surface area contributed by atoms with Crippen LogP contribution in [0.1, 0.15) is 19.5 Å². The van der Waals surface area contributed by atoms with Gasteiger partial charge < -0.3 is 9.13 Å². The summed E-state index contributed by atoms with van der Waals surface area (Å²) >= 11 is 0. The summed E-state index contributed by atoms with van der Waals surface area (Å²) in [4.78, 5) is 20.3. The number of nitrogens with zero attached hydrogens (tertiary/aromatic N) is 5. The summed E-state index contributed by atoms with van der Waals surface area (Å²) < 4.78 is 117. The molecule has 0 aliphatic carbocycles. The van der Waals surface area contributed by atoms with E-state index in [1.807, 2.05) is 0 Å². The smallest absolute Gasteiger partial charge is 0.321 e. The van der Waals surface area contributed by atoms with Crippen LogP contribution in [0.15, 0.2) is 28.0 Å². The molecule has 0 bridgehead atoms. The average Bonchev–Trinajstić information content (AvgIpc) is 3.07. The molecule has 0 spiro atoms. The Bertz CT molecular complexity index is 1760. The molecule has 0 fully saturated rings. The number of aromatic nitrogens is 4. The van der Waals surface area contributed by atoms with Crippen molar-refractivity contribution in [3.63, 3.8) is 0 Å². The minimum Gasteiger partial charge on any atom is -0.321 e. The lowest BCUT2D eigenvalue weighted by molar-refractivity contribution is -0.144. The third kappa shape index (κ3) is 5.08. The van der Waals surface area contributed by atoms with Gasteiger partial charge in [-0.3, -0.25) is 4.79 Å². The molecule has 3 rings (SSSR count). The lowest BCUT2D eigenvalue weighted by atomic mass is 10.3. The molecule has 37 heavy (non-hydrogen) atoms. The van der Waals surface area contributed by atoms with Crippen molar-refractivity contribution in [2.24, 2.45) is 7.05 Å². The number of halogens is 3. The van der Waals surface area contributed by atoms with Crippen LogP contribution in [0, 0.1) is 0 Å². The van der Waals surface area contributed by atoms with E-state index >= 15 is 0 Å². The fraction of sp³-hybridized carbons (Fsp3) is 0.421. The molecule has 0 aromatic carbocycles. The van der Waals surface area contributed by atoms with Gasteiger partial charge in [-0.1, -0.05) is 6.92 Å². The SMILES string of the molecule is CCn1c(C(F)(F)F)cc2nc(-c3ncc(N(S(C)(=O)=O)S(C)(=O)=O)cc3S(=O)(=O)CC)n(C)c2c1=O. The van der Waals surface area contributed by atoms with Gasteiger partial charge in [0.2, 0.25) is 20.0 Å². The van der Waals surface area contributed by atoms with Crippen LogP contribution in [0.25, 0.3) is 22.6 Å². The van der Waals surface area contributed by atoms with Gasteiger partial charge in [-0.15, -0.1) is 0 Å². The number of fused-ring (bicyclic) bond motifs is 1. The minimum atomic E-state index is -4.88. The number of anilines is 1. The van der Waals surface area contributed by atoms with E-state index < -0.39 is 69.3 Å². The summed E-state index contributed by atoms with van der Waals surface area (Å²) in [6.45, 7) is 2.31. The van der Waals surface area contributed by atoms with E-state index in [9.17, 15) is 43.2 Å². The number of pyridine rings is 2. The number of alkyl halides is 3. The Kier molecular flexibility index (Phi) is 7.02. The maximum atomic E-state index is 13.6. The highest BCUT2D eigenvalue weighted by Gasteiger charge is 2.36. The third-order valence-electron chi connectivity index (χ3n) is 5.32. The van der Waals surface area contributed by atoms with E-state index in [0.29, 0.717) is 23.1 Å². The van der Waals surface area contributed by atoms with E-state index in [-0.39, 0.29) is 27.1 Å². The van der Waals surface area contributed by atoms with Crippen molar-refractivity contribution in [3.05, 3.63) is 34.4 Å². The van der Waals surface area contributed by atoms with Gasteiger partial charge in [0.25, 0.3) is 5.56 Å². The van der Waals surface area contributed by atoms with E-state index in [2.05, 4.69) is 9.97 Å². The number of sulfonamides is 2. The number of rotatable bonds is 7. The highest BCUT2D eigenvalue weighted by Crippen LogP contribution is 2.34. The Balaban J connectivity index is 2.45. The second-order valence-corrected chi connectivity index (χ2v) is 14.1. The maximum absolute atomic E-state index is 13.6. The van der Waals surface area contributed by atoms with Crippen molar-refractivity contribution < 1.29 is 38.4 Å². The zero-order valence-corrected chi connectivity index (χ0v) is 22.5. The first-order valence-corrected chi connectivity index (χ1v) is 15.7. The largest absolute Gasteiger partial charge is 0.431 e. The summed E-state index contributed by atoms with van der Waals surface area (Å²) in [5.41, 5.74) is -3.93. The second kappa shape index (κ2) is 9.09. The highest BCUT2D eigenvalue weighted by atomic mass is 32.3. The molecule has 0 atom stereocenters. The summed E-state index contributed by atoms with van der Waals surface area (Å²) in [6.07, 6.45) is -2.91. The van der Waals surface area contributed by atoms with Gasteiger partial charge >= 0.3 is 6.18 Å². The molecule has 0 N–H and O–H groups in total. The van der Waals surface area contributed by atoms with Crippen LogP contribution >= 0.6 is 0 Å². The van der Waals surface area contributed by atoms with Gasteiger partial charge in [0.15, 0.2) is 15.7 Å². The number of imidazole rings is 1. The van der Waals surface area contributed by atoms with Crippen molar-refractivity contribution in [2.75, 3.05) is 22.0 Å². The Labute approximate surface area is 210 Å². The number of sulfone groups is 1. The summed E-state index contributed by atoms with van der Waals surface area (Å²) in [7, 11) is -11.8. The van der Waals surface area contributed by atoms with Crippen LogP contribution in [-0.2, 0) is 49.7 Å². The molecule has 0 saturated heterocycles. The zero-order chi connectivity index (χ0) is 28.3. The number of hydrogen-bond acceptors (Lipinski definition) is 9. The fourth-order valence-electron chi connectivity index (χ4n) is 3.80. The van der Waals surface area contributed by atoms with Crippen molar-refractivity contribution in [1.82, 2.24) is 19.1 Å². The Morgan fingerprint density at radius 3 is 2.03 bits per heavy atom. The van der Waals surface area contributed by atoms with Crippen molar-refractivity contribution in [3.8, 4) is 11.5 Å². The maximum Gasteiger partial charge on any atom is 0.431 e. The molecule has 18 heteroatoms. The quantitative estimate of drug-likeness (QED) is 0.399. The molecule has 0 amide bonds. The van der Waals surface area contributed by atoms with Crippen molar-refractivity contribution in [1.29, 1.82) is 0 Å². The molecule has 0 aliphatic rings. The molecule has 3 aromatic rings. The van der Waals surface area contributed by atoms with Gasteiger partial charge in [0, 0.05) is 13.6 Å². The molecule has 3 aromatic heterocycles. The van der Waals surface area contributed by atoms with Crippen molar-refractivity contribution >= 4 is 46.6 Å². The van der Waals surface area contributed by atoms with Gasteiger partial charge in [-0.2, -0.15) is 16.9 Å². The molecule has 0 saturated carbocycles. The number of hydrogen-bond donors (Lipinski definition) is 0. The van der Waals surface area contributed by atoms with Crippen molar-refractivity contribution in [2.45, 2.75) is 31.5 Å². The summed E-state index contributed by atoms with van der Waals surface area (Å²) in [5, 5.41) is 0. The first kappa shape index (κ1) is 28.6. The molecule has 0 aliphatic heterocycles. The molecule has 3 heterocycles. The lowest BCUT2D eigenvalue weighted by Gasteiger charge is -2.20. The Morgan fingerprint density at radius 2 is 1.57 bits per heavy atom. The normalized spacial score (nSPS) is 13.3. The van der Waals surface area contributed by atoms with Crippen LogP contribution in [0.2, 0.25) is 0 Å². The minimum absolute atomic E-state index is 0.00406. The molecule has 204 valence electrons. The predicted octanol–water partition coefficient (Wildman–Crippen LogP) is 1.35. The molecule has 12 nitrogen and oxygen atoms in total. The van der Waals surface area contributed by atoms with Crippen LogP contribution < -0.4 is 9.27 Å². The highest BCUT2D eigenvalue weighted by molar-refractivity contribution is 8.09. The molecule has 0 unspecified atom stereocenters. The second-order valence-electron chi connectivity index (χ2n) is 7.97. The molecular formula is C19H22F3N5O7S3. The average molecular weight is 586 g/mol. The zero-order valence-electron chi connectivity index (χ0n) is 20.1. The standard InChI is InChI=1S/C19H22F3N5O7S3/c1-6-26-14(19(20,21)22)9-12-16(18(26)28)25(3)17(24-12)15-13(37(33,34)7-2)8-11(10-23-15)27(35(4,29)30)36(5,31)32/h8-10H,6-7H2,1-5H3. The third-order valence-corrected chi connectivity index (χ3v) is 10.3. The fourth-order valence-corrected chi connectivity index (χ4v) is 7.79. The van der Waals surface area contributed by atoms with Crippen LogP contribution in [-0.4, -0.2) is 62.6 Å². The molecule has 0 radical (unpaired) electrons. The molecular weight excluding hydrogens is 563 g/mol. The summed E-state index contributed by atoms with van der Waals surface area (Å²) in [6, 6.07) is 1.43. The summed E-state index contributed by atoms with van der Waals surface area (Å²) in [5.74, 6) is -0.828. The van der Waals surface area contributed by atoms with E-state index in [0.717, 1.165) is 16.8 Å². The first-order valence-electron chi connectivity index (χ1n) is 10.4. The van der Waals surface area contributed by atoms with Gasteiger partial charge in [0.05, 0.1) is 40.6 Å². The monoisotopic (exact) mass is 585 g/mol. The van der Waals surface area contributed by atoms with E-state index in [4.69, 9.17) is 0 Å². The number of aryl methyl sites for hydroxylation is 1. The first-order chi connectivity index (χ1) is 16.8. The topological polar surface area (TPSA) is 158 Å². The van der Waals surface area contributed by atoms with Gasteiger partial charge in [0.1, 0.15) is 16.9 Å². The van der Waals surface area contributed by atoms with E-state index in [1.54, 1.807) is 0 Å². The van der Waals surface area contributed by atoms with E-state index in [1.165, 1.54) is 20.9 Å². The van der Waals surface area contributed by atoms with Gasteiger partial charge in [-0.25, -0.2) is 35.2 Å². The van der Waals surface area contributed by atoms with Crippen LogP contribution in [0.5, 0.6) is 0 Å². The van der Waals surface area contributed by atoms with Gasteiger partial charge in [-0.05, 0) is 19.1 Å². The Hall–Kier alpha value is -2.99. The lowest BCUT2D eigenvalue weighted by Crippen LogP contribution is -2.35. The Morgan fingerprint density at radius 1 is 1.00 bits per heavy atom. The van der Waals surface area contributed by atoms with Crippen LogP contribution in [0.3, 0.4) is 0 Å².